The molecule has 0 saturated heterocycles. The van der Waals surface area contributed by atoms with E-state index in [0.717, 1.165) is 6.42 Å². The average Bonchev–Trinajstić information content (AvgIpc) is 3.45. The number of rotatable bonds is 7. The van der Waals surface area contributed by atoms with E-state index in [1.165, 1.54) is 16.4 Å². The zero-order chi connectivity index (χ0) is 22.2. The second kappa shape index (κ2) is 8.51. The number of halogens is 3. The number of thioether (sulfide) groups is 1. The normalized spacial score (nSPS) is 24.2. The molecule has 0 radical (unpaired) electrons. The largest absolute Gasteiger partial charge is 0.405 e. The van der Waals surface area contributed by atoms with Crippen molar-refractivity contribution < 1.29 is 23.4 Å². The van der Waals surface area contributed by atoms with Gasteiger partial charge in [0.1, 0.15) is 12.6 Å². The van der Waals surface area contributed by atoms with Crippen LogP contribution >= 0.6 is 11.8 Å². The third kappa shape index (κ3) is 4.40. The maximum atomic E-state index is 12.7. The molecule has 4 rings (SSSR count). The third-order valence-corrected chi connectivity index (χ3v) is 5.93. The zero-order valence-corrected chi connectivity index (χ0v) is 17.0. The molecule has 4 N–H and O–H groups in total. The number of tetrazole rings is 1. The molecule has 12 nitrogen and oxygen atoms in total. The van der Waals surface area contributed by atoms with E-state index in [1.807, 2.05) is 6.92 Å². The van der Waals surface area contributed by atoms with Crippen molar-refractivity contribution in [3.63, 3.8) is 0 Å². The molecule has 3 aromatic heterocycles. The van der Waals surface area contributed by atoms with E-state index >= 15 is 0 Å². The topological polar surface area (TPSA) is 163 Å². The first-order chi connectivity index (χ1) is 14.8. The van der Waals surface area contributed by atoms with E-state index in [4.69, 9.17) is 0 Å². The van der Waals surface area contributed by atoms with Crippen LogP contribution in [-0.4, -0.2) is 86.5 Å². The van der Waals surface area contributed by atoms with Crippen LogP contribution in [-0.2, 0) is 0 Å². The van der Waals surface area contributed by atoms with Crippen molar-refractivity contribution in [3.8, 4) is 0 Å². The predicted octanol–water partition coefficient (Wildman–Crippen LogP) is 0.661. The lowest BCUT2D eigenvalue weighted by molar-refractivity contribution is -0.115. The van der Waals surface area contributed by atoms with E-state index in [-0.39, 0.29) is 28.6 Å². The fraction of sp³-hybridized carbons (Fsp3) is 0.667. The Hall–Kier alpha value is -2.59. The van der Waals surface area contributed by atoms with Gasteiger partial charge in [0.2, 0.25) is 0 Å². The lowest BCUT2D eigenvalue weighted by Crippen LogP contribution is -2.29. The fourth-order valence-corrected chi connectivity index (χ4v) is 4.14. The number of nitrogens with one attached hydrogen (secondary N) is 2. The summed E-state index contributed by atoms with van der Waals surface area (Å²) in [6, 6.07) is -0.746. The maximum absolute atomic E-state index is 12.7. The van der Waals surface area contributed by atoms with Gasteiger partial charge in [-0.25, -0.2) is 19.7 Å². The Balaban J connectivity index is 1.71. The number of fused-ring (bicyclic) bond motifs is 1. The summed E-state index contributed by atoms with van der Waals surface area (Å²) < 4.78 is 39.5. The fourth-order valence-electron chi connectivity index (χ4n) is 3.44. The minimum Gasteiger partial charge on any atom is -0.390 e. The standard InChI is InChI=1S/C15H19F3N10O2S/c1-2-3-31-14-20-12(19-5-15(16,17)18)8-13(21-14)28(27-22-8)7-4-6(9(29)10(7)30)11-23-25-26-24-11/h6-7,9-10,29-30H,2-5H2,1H3,(H,19,20,21)(H,23,24,25,26)/t6-,7+,9+,10-/m0/s1. The minimum atomic E-state index is -4.45. The first-order valence-electron chi connectivity index (χ1n) is 9.44. The van der Waals surface area contributed by atoms with Crippen molar-refractivity contribution >= 4 is 28.7 Å². The summed E-state index contributed by atoms with van der Waals surface area (Å²) in [5.74, 6) is 0.278. The van der Waals surface area contributed by atoms with Gasteiger partial charge in [-0.1, -0.05) is 23.9 Å². The third-order valence-electron chi connectivity index (χ3n) is 4.87. The predicted molar refractivity (Wildman–Crippen MR) is 101 cm³/mol. The smallest absolute Gasteiger partial charge is 0.390 e. The Bertz CT molecular complexity index is 1030. The summed E-state index contributed by atoms with van der Waals surface area (Å²) in [4.78, 5) is 8.55. The second-order valence-electron chi connectivity index (χ2n) is 7.06. The molecule has 0 amide bonds. The molecular formula is C15H19F3N10O2S. The van der Waals surface area contributed by atoms with Gasteiger partial charge >= 0.3 is 6.18 Å². The number of anilines is 1. The van der Waals surface area contributed by atoms with Crippen molar-refractivity contribution in [2.75, 3.05) is 17.6 Å². The number of nitrogens with zero attached hydrogens (tertiary/aromatic N) is 8. The number of H-pyrrole nitrogens is 1. The molecule has 1 aliphatic rings. The van der Waals surface area contributed by atoms with Gasteiger partial charge in [-0.05, 0) is 23.3 Å². The maximum Gasteiger partial charge on any atom is 0.405 e. The van der Waals surface area contributed by atoms with Gasteiger partial charge in [0.15, 0.2) is 28.0 Å². The van der Waals surface area contributed by atoms with Crippen LogP contribution in [0.4, 0.5) is 19.0 Å². The number of hydrogen-bond acceptors (Lipinski definition) is 11. The molecule has 0 spiro atoms. The lowest BCUT2D eigenvalue weighted by atomic mass is 10.1. The molecule has 3 aromatic rings. The van der Waals surface area contributed by atoms with Crippen molar-refractivity contribution in [2.24, 2.45) is 0 Å². The van der Waals surface area contributed by atoms with E-state index in [0.29, 0.717) is 11.6 Å². The van der Waals surface area contributed by atoms with Crippen LogP contribution in [0.25, 0.3) is 11.2 Å². The molecule has 16 heteroatoms. The van der Waals surface area contributed by atoms with Gasteiger partial charge < -0.3 is 15.5 Å². The van der Waals surface area contributed by atoms with Crippen molar-refractivity contribution in [2.45, 2.75) is 55.3 Å². The molecule has 1 saturated carbocycles. The first-order valence-corrected chi connectivity index (χ1v) is 10.4. The number of alkyl halides is 3. The number of aliphatic hydroxyl groups excluding tert-OH is 2. The Morgan fingerprint density at radius 3 is 2.71 bits per heavy atom. The summed E-state index contributed by atoms with van der Waals surface area (Å²) in [5, 5.41) is 44.9. The Kier molecular flexibility index (Phi) is 5.94. The minimum absolute atomic E-state index is 0.0385. The lowest BCUT2D eigenvalue weighted by Gasteiger charge is -2.17. The Morgan fingerprint density at radius 2 is 2.03 bits per heavy atom. The van der Waals surface area contributed by atoms with Crippen LogP contribution in [0.5, 0.6) is 0 Å². The Labute approximate surface area is 177 Å². The quantitative estimate of drug-likeness (QED) is 0.289. The van der Waals surface area contributed by atoms with E-state index in [1.54, 1.807) is 0 Å². The van der Waals surface area contributed by atoms with Crippen molar-refractivity contribution in [3.05, 3.63) is 5.82 Å². The van der Waals surface area contributed by atoms with Crippen molar-refractivity contribution in [1.82, 2.24) is 45.6 Å². The molecule has 0 unspecified atom stereocenters. The SMILES string of the molecule is CCCSc1nc(NCC(F)(F)F)c2nnn([C@@H]3C[C@H](c4nnn[nH]4)[C@@H](O)[C@H]3O)c2n1. The van der Waals surface area contributed by atoms with Crippen LogP contribution in [0.15, 0.2) is 5.16 Å². The first kappa shape index (κ1) is 21.6. The summed E-state index contributed by atoms with van der Waals surface area (Å²) >= 11 is 1.28. The molecule has 4 atom stereocenters. The highest BCUT2D eigenvalue weighted by Crippen LogP contribution is 2.41. The molecule has 0 aromatic carbocycles. The summed E-state index contributed by atoms with van der Waals surface area (Å²) in [6.07, 6.45) is -5.85. The average molecular weight is 460 g/mol. The van der Waals surface area contributed by atoms with Crippen LogP contribution < -0.4 is 5.32 Å². The summed E-state index contributed by atoms with van der Waals surface area (Å²) in [6.45, 7) is 0.657. The molecule has 31 heavy (non-hydrogen) atoms. The van der Waals surface area contributed by atoms with Gasteiger partial charge in [0, 0.05) is 5.75 Å². The summed E-state index contributed by atoms with van der Waals surface area (Å²) in [5.41, 5.74) is 0.197. The van der Waals surface area contributed by atoms with Gasteiger partial charge in [-0.15, -0.1) is 10.2 Å². The molecular weight excluding hydrogens is 441 g/mol. The number of aromatic nitrogens is 9. The highest BCUT2D eigenvalue weighted by Gasteiger charge is 2.46. The van der Waals surface area contributed by atoms with Gasteiger partial charge in [0.05, 0.1) is 18.1 Å². The van der Waals surface area contributed by atoms with Crippen LogP contribution in [0.1, 0.15) is 37.5 Å². The van der Waals surface area contributed by atoms with E-state index in [2.05, 4.69) is 46.2 Å². The van der Waals surface area contributed by atoms with Gasteiger partial charge in [-0.2, -0.15) is 13.2 Å². The van der Waals surface area contributed by atoms with E-state index in [9.17, 15) is 23.4 Å². The van der Waals surface area contributed by atoms with Gasteiger partial charge in [-0.3, -0.25) is 0 Å². The monoisotopic (exact) mass is 460 g/mol. The molecule has 1 aliphatic carbocycles. The second-order valence-corrected chi connectivity index (χ2v) is 8.12. The number of aromatic amines is 1. The van der Waals surface area contributed by atoms with E-state index < -0.39 is 36.9 Å². The molecule has 168 valence electrons. The zero-order valence-electron chi connectivity index (χ0n) is 16.2. The molecule has 3 heterocycles. The highest BCUT2D eigenvalue weighted by molar-refractivity contribution is 7.99. The number of aliphatic hydroxyl groups is 2. The highest BCUT2D eigenvalue weighted by atomic mass is 32.2. The van der Waals surface area contributed by atoms with Crippen LogP contribution in [0, 0.1) is 0 Å². The van der Waals surface area contributed by atoms with Crippen molar-refractivity contribution in [1.29, 1.82) is 0 Å². The molecule has 1 fully saturated rings. The van der Waals surface area contributed by atoms with Crippen LogP contribution in [0.2, 0.25) is 0 Å². The number of hydrogen-bond donors (Lipinski definition) is 4. The van der Waals surface area contributed by atoms with Crippen LogP contribution in [0.3, 0.4) is 0 Å². The summed E-state index contributed by atoms with van der Waals surface area (Å²) in [7, 11) is 0. The molecule has 0 bridgehead atoms. The molecule has 0 aliphatic heterocycles. The van der Waals surface area contributed by atoms with Gasteiger partial charge in [0.25, 0.3) is 0 Å². The Morgan fingerprint density at radius 1 is 1.23 bits per heavy atom.